The molecule has 1 amide bonds. The van der Waals surface area contributed by atoms with Crippen molar-refractivity contribution in [2.45, 2.75) is 63.5 Å². The number of aryl methyl sites for hydroxylation is 1. The molecule has 14 heteroatoms. The lowest BCUT2D eigenvalue weighted by Gasteiger charge is -2.33. The molecule has 0 spiro atoms. The Bertz CT molecular complexity index is 1510. The molecule has 2 aliphatic heterocycles. The topological polar surface area (TPSA) is 86.1 Å². The van der Waals surface area contributed by atoms with Crippen LogP contribution in [-0.2, 0) is 30.1 Å². The summed E-state index contributed by atoms with van der Waals surface area (Å²) in [6, 6.07) is 8.95. The highest BCUT2D eigenvalue weighted by Crippen LogP contribution is 2.42. The zero-order valence-electron chi connectivity index (χ0n) is 23.3. The number of pyridine rings is 1. The van der Waals surface area contributed by atoms with Gasteiger partial charge in [0.05, 0.1) is 29.4 Å². The molecule has 236 valence electrons. The molecule has 2 saturated heterocycles. The van der Waals surface area contributed by atoms with E-state index >= 15 is 0 Å². The molecular weight excluding hydrogens is 616 g/mol. The van der Waals surface area contributed by atoms with Crippen LogP contribution in [0.3, 0.4) is 0 Å². The molecule has 0 unspecified atom stereocenters. The monoisotopic (exact) mass is 643 g/mol. The third-order valence-corrected chi connectivity index (χ3v) is 8.13. The summed E-state index contributed by atoms with van der Waals surface area (Å²) < 4.78 is 86.5. The van der Waals surface area contributed by atoms with Crippen LogP contribution in [-0.4, -0.2) is 51.6 Å². The molecule has 3 aromatic rings. The average molecular weight is 644 g/mol. The fraction of sp³-hybridized carbons (Fsp3) is 0.400. The number of benzene rings is 2. The third-order valence-electron chi connectivity index (χ3n) is 7.80. The van der Waals surface area contributed by atoms with Crippen LogP contribution in [0, 0.1) is 0 Å². The number of aliphatic hydroxyl groups is 2. The molecule has 3 heterocycles. The molecule has 0 bridgehead atoms. The Morgan fingerprint density at radius 2 is 1.64 bits per heavy atom. The van der Waals surface area contributed by atoms with Crippen LogP contribution < -0.4 is 4.90 Å². The second kappa shape index (κ2) is 12.1. The van der Waals surface area contributed by atoms with E-state index in [-0.39, 0.29) is 19.0 Å². The first-order chi connectivity index (χ1) is 20.6. The Hall–Kier alpha value is -3.55. The maximum absolute atomic E-state index is 13.5. The highest BCUT2D eigenvalue weighted by atomic mass is 35.5. The summed E-state index contributed by atoms with van der Waals surface area (Å²) in [5.74, 6) is 0.634. The number of carbonyl (C=O) groups is 1. The van der Waals surface area contributed by atoms with Gasteiger partial charge in [0.25, 0.3) is 0 Å². The number of hydrogen-bond acceptors (Lipinski definition) is 6. The third kappa shape index (κ3) is 6.74. The van der Waals surface area contributed by atoms with Crippen LogP contribution in [0.5, 0.6) is 0 Å². The van der Waals surface area contributed by atoms with Gasteiger partial charge in [-0.3, -0.25) is 4.90 Å². The number of hydrogen-bond donors (Lipinski definition) is 2. The number of alkyl halides is 6. The summed E-state index contributed by atoms with van der Waals surface area (Å²) in [6.07, 6.45) is -12.5. The van der Waals surface area contributed by atoms with E-state index in [0.29, 0.717) is 46.2 Å². The van der Waals surface area contributed by atoms with Gasteiger partial charge in [0.2, 0.25) is 0 Å². The fourth-order valence-electron chi connectivity index (χ4n) is 5.27. The molecule has 1 aromatic heterocycles. The maximum atomic E-state index is 13.5. The van der Waals surface area contributed by atoms with Crippen LogP contribution >= 0.6 is 11.6 Å². The Labute approximate surface area is 253 Å². The summed E-state index contributed by atoms with van der Waals surface area (Å²) in [4.78, 5) is 21.1. The number of aliphatic hydroxyl groups excluding tert-OH is 1. The summed E-state index contributed by atoms with van der Waals surface area (Å²) >= 11 is 6.56. The molecule has 7 nitrogen and oxygen atoms in total. The van der Waals surface area contributed by atoms with Crippen molar-refractivity contribution in [2.24, 2.45) is 0 Å². The molecule has 2 N–H and O–H groups in total. The number of ether oxygens (including phenoxy) is 1. The van der Waals surface area contributed by atoms with Crippen molar-refractivity contribution in [2.75, 3.05) is 18.0 Å². The van der Waals surface area contributed by atoms with E-state index in [1.54, 1.807) is 30.3 Å². The standard InChI is InChI=1S/C30H28ClF6N3O4/c1-16-27(18-12-19(29(32,33)34)14-20(13-18)30(35,36)37)44-28(43)40(16)15-24-21(5-7-25(38-24)39-9-2-10-39)22-11-17(3-6-23(22)31)4-8-26(41)42/h3,5-7,11-14,16,26-27,41-42H,2,4,8-10,15H2,1H3/t16-,27-/m0/s1. The lowest BCUT2D eigenvalue weighted by molar-refractivity contribution is -0.143. The van der Waals surface area contributed by atoms with Crippen molar-refractivity contribution in [3.05, 3.63) is 81.5 Å². The minimum atomic E-state index is -5.05. The molecule has 0 aliphatic carbocycles. The average Bonchev–Trinajstić information content (AvgIpc) is 3.19. The van der Waals surface area contributed by atoms with Gasteiger partial charge in [-0.15, -0.1) is 0 Å². The number of halogens is 7. The number of rotatable bonds is 8. The molecular formula is C30H28ClF6N3O4. The number of aromatic nitrogens is 1. The largest absolute Gasteiger partial charge is 0.439 e. The summed E-state index contributed by atoms with van der Waals surface area (Å²) in [5.41, 5.74) is -1.18. The normalized spacial score (nSPS) is 19.0. The van der Waals surface area contributed by atoms with E-state index in [0.717, 1.165) is 25.1 Å². The SMILES string of the molecule is C[C@H]1[C@@H](c2cc(C(F)(F)F)cc(C(F)(F)F)c2)OC(=O)N1Cc1nc(N2CCC2)ccc1-c1cc(CCC(O)O)ccc1Cl. The van der Waals surface area contributed by atoms with Crippen molar-refractivity contribution in [1.29, 1.82) is 0 Å². The molecule has 5 rings (SSSR count). The zero-order valence-corrected chi connectivity index (χ0v) is 24.0. The van der Waals surface area contributed by atoms with E-state index in [9.17, 15) is 41.4 Å². The van der Waals surface area contributed by atoms with Gasteiger partial charge in [0.15, 0.2) is 6.29 Å². The van der Waals surface area contributed by atoms with Gasteiger partial charge in [-0.05, 0) is 73.4 Å². The molecule has 2 atom stereocenters. The predicted octanol–water partition coefficient (Wildman–Crippen LogP) is 6.98. The Kier molecular flexibility index (Phi) is 8.76. The van der Waals surface area contributed by atoms with E-state index in [2.05, 4.69) is 0 Å². The number of amides is 1. The Morgan fingerprint density at radius 1 is 0.977 bits per heavy atom. The van der Waals surface area contributed by atoms with Crippen molar-refractivity contribution in [1.82, 2.24) is 9.88 Å². The van der Waals surface area contributed by atoms with Crippen molar-refractivity contribution >= 4 is 23.5 Å². The molecule has 2 aromatic carbocycles. The van der Waals surface area contributed by atoms with Gasteiger partial charge in [0.1, 0.15) is 11.9 Å². The second-order valence-corrected chi connectivity index (χ2v) is 11.3. The fourth-order valence-corrected chi connectivity index (χ4v) is 5.49. The molecule has 44 heavy (non-hydrogen) atoms. The van der Waals surface area contributed by atoms with Crippen LogP contribution in [0.2, 0.25) is 5.02 Å². The second-order valence-electron chi connectivity index (χ2n) is 10.8. The summed E-state index contributed by atoms with van der Waals surface area (Å²) in [5, 5.41) is 18.9. The van der Waals surface area contributed by atoms with Crippen molar-refractivity contribution < 1.29 is 46.1 Å². The first-order valence-corrected chi connectivity index (χ1v) is 14.2. The van der Waals surface area contributed by atoms with Gasteiger partial charge in [-0.2, -0.15) is 26.3 Å². The quantitative estimate of drug-likeness (QED) is 0.204. The number of anilines is 1. The van der Waals surface area contributed by atoms with Crippen molar-refractivity contribution in [3.63, 3.8) is 0 Å². The lowest BCUT2D eigenvalue weighted by atomic mass is 9.96. The minimum absolute atomic E-state index is 0.0271. The van der Waals surface area contributed by atoms with Crippen LogP contribution in [0.25, 0.3) is 11.1 Å². The summed E-state index contributed by atoms with van der Waals surface area (Å²) in [7, 11) is 0. The van der Waals surface area contributed by atoms with Crippen LogP contribution in [0.1, 0.15) is 53.8 Å². The lowest BCUT2D eigenvalue weighted by Crippen LogP contribution is -2.38. The van der Waals surface area contributed by atoms with E-state index in [1.165, 1.54) is 11.8 Å². The van der Waals surface area contributed by atoms with Crippen LogP contribution in [0.15, 0.2) is 48.5 Å². The van der Waals surface area contributed by atoms with Gasteiger partial charge in [-0.1, -0.05) is 17.7 Å². The van der Waals surface area contributed by atoms with Gasteiger partial charge >= 0.3 is 18.4 Å². The first-order valence-electron chi connectivity index (χ1n) is 13.8. The van der Waals surface area contributed by atoms with Gasteiger partial charge < -0.3 is 19.8 Å². The number of cyclic esters (lactones) is 1. The maximum Gasteiger partial charge on any atom is 0.416 e. The van der Waals surface area contributed by atoms with Crippen molar-refractivity contribution in [3.8, 4) is 11.1 Å². The number of nitrogens with zero attached hydrogens (tertiary/aromatic N) is 3. The van der Waals surface area contributed by atoms with E-state index in [4.69, 9.17) is 21.3 Å². The van der Waals surface area contributed by atoms with Crippen LogP contribution in [0.4, 0.5) is 37.0 Å². The molecule has 2 aliphatic rings. The smallest absolute Gasteiger partial charge is 0.416 e. The number of carbonyl (C=O) groups excluding carboxylic acids is 1. The van der Waals surface area contributed by atoms with Gasteiger partial charge in [-0.25, -0.2) is 9.78 Å². The molecule has 2 fully saturated rings. The van der Waals surface area contributed by atoms with E-state index in [1.807, 2.05) is 4.90 Å². The van der Waals surface area contributed by atoms with Gasteiger partial charge in [0, 0.05) is 35.7 Å². The highest BCUT2D eigenvalue weighted by molar-refractivity contribution is 6.33. The summed E-state index contributed by atoms with van der Waals surface area (Å²) in [6.45, 7) is 2.85. The Morgan fingerprint density at radius 3 is 2.20 bits per heavy atom. The zero-order chi connectivity index (χ0) is 32.0. The first kappa shape index (κ1) is 31.9. The predicted molar refractivity (Wildman–Crippen MR) is 149 cm³/mol. The molecule has 0 saturated carbocycles. The minimum Gasteiger partial charge on any atom is -0.439 e. The highest BCUT2D eigenvalue weighted by Gasteiger charge is 2.43. The molecule has 0 radical (unpaired) electrons. The Balaban J connectivity index is 1.51. The van der Waals surface area contributed by atoms with E-state index < -0.39 is 53.6 Å².